The lowest BCUT2D eigenvalue weighted by molar-refractivity contribution is -0.167. The topological polar surface area (TPSA) is 78.9 Å². The summed E-state index contributed by atoms with van der Waals surface area (Å²) in [5.41, 5.74) is 0. The number of rotatable bonds is 48. The van der Waals surface area contributed by atoms with Crippen LogP contribution in [0.15, 0.2) is 0 Å². The lowest BCUT2D eigenvalue weighted by atomic mass is 10.0. The number of carbonyl (C=O) groups excluding carboxylic acids is 3. The molecular weight excluding hydrogens is 733 g/mol. The first-order valence-corrected chi connectivity index (χ1v) is 26.4. The predicted molar refractivity (Wildman–Crippen MR) is 252 cm³/mol. The number of ether oxygens (including phenoxy) is 3. The van der Waals surface area contributed by atoms with Crippen molar-refractivity contribution in [3.05, 3.63) is 0 Å². The Hall–Kier alpha value is -1.59. The van der Waals surface area contributed by atoms with Gasteiger partial charge in [0.1, 0.15) is 13.2 Å². The molecule has 0 aromatic heterocycles. The Morgan fingerprint density at radius 2 is 0.559 bits per heavy atom. The van der Waals surface area contributed by atoms with Crippen molar-refractivity contribution in [2.45, 2.75) is 303 Å². The number of carbonyl (C=O) groups is 3. The monoisotopic (exact) mass is 835 g/mol. The molecule has 0 bridgehead atoms. The van der Waals surface area contributed by atoms with Crippen LogP contribution in [0.3, 0.4) is 0 Å². The highest BCUT2D eigenvalue weighted by Crippen LogP contribution is 2.17. The Labute approximate surface area is 368 Å². The van der Waals surface area contributed by atoms with Gasteiger partial charge >= 0.3 is 17.9 Å². The lowest BCUT2D eigenvalue weighted by Gasteiger charge is -2.18. The van der Waals surface area contributed by atoms with Crippen molar-refractivity contribution in [1.82, 2.24) is 0 Å². The van der Waals surface area contributed by atoms with Gasteiger partial charge in [0.2, 0.25) is 0 Å². The third-order valence-corrected chi connectivity index (χ3v) is 12.0. The molecule has 0 N–H and O–H groups in total. The molecule has 0 rings (SSSR count). The molecule has 0 heterocycles. The molecular formula is C53H102O6. The molecule has 0 amide bonds. The molecule has 0 aromatic rings. The highest BCUT2D eigenvalue weighted by atomic mass is 16.6. The van der Waals surface area contributed by atoms with Gasteiger partial charge < -0.3 is 14.2 Å². The van der Waals surface area contributed by atoms with Crippen LogP contribution in [-0.2, 0) is 28.6 Å². The zero-order valence-corrected chi connectivity index (χ0v) is 40.2. The third-order valence-electron chi connectivity index (χ3n) is 12.0. The Balaban J connectivity index is 4.14. The minimum atomic E-state index is -0.759. The Morgan fingerprint density at radius 3 is 0.831 bits per heavy atom. The molecule has 0 aliphatic rings. The van der Waals surface area contributed by atoms with E-state index in [1.54, 1.807) is 0 Å². The summed E-state index contributed by atoms with van der Waals surface area (Å²) in [5.74, 6) is 0.00810. The number of esters is 3. The second-order valence-corrected chi connectivity index (χ2v) is 18.6. The molecule has 6 nitrogen and oxygen atoms in total. The zero-order valence-electron chi connectivity index (χ0n) is 40.2. The minimum Gasteiger partial charge on any atom is -0.462 e. The quantitative estimate of drug-likeness (QED) is 0.0345. The lowest BCUT2D eigenvalue weighted by Crippen LogP contribution is -2.30. The van der Waals surface area contributed by atoms with Crippen molar-refractivity contribution in [3.8, 4) is 0 Å². The Bertz CT molecular complexity index is 887. The average Bonchev–Trinajstić information content (AvgIpc) is 3.22. The van der Waals surface area contributed by atoms with Crippen molar-refractivity contribution in [2.75, 3.05) is 13.2 Å². The molecule has 6 heteroatoms. The maximum atomic E-state index is 12.8. The molecule has 1 atom stereocenters. The zero-order chi connectivity index (χ0) is 43.1. The molecule has 0 radical (unpaired) electrons. The fourth-order valence-electron chi connectivity index (χ4n) is 8.04. The van der Waals surface area contributed by atoms with E-state index in [4.69, 9.17) is 14.2 Å². The van der Waals surface area contributed by atoms with E-state index in [0.29, 0.717) is 19.3 Å². The van der Waals surface area contributed by atoms with Gasteiger partial charge in [0.15, 0.2) is 6.10 Å². The Kier molecular flexibility index (Phi) is 46.2. The summed E-state index contributed by atoms with van der Waals surface area (Å²) in [5, 5.41) is 0. The van der Waals surface area contributed by atoms with Crippen LogP contribution in [0, 0.1) is 5.92 Å². The molecule has 0 saturated carbocycles. The third kappa shape index (κ3) is 47.3. The summed E-state index contributed by atoms with van der Waals surface area (Å²) in [4.78, 5) is 37.8. The van der Waals surface area contributed by atoms with Gasteiger partial charge in [0.05, 0.1) is 0 Å². The van der Waals surface area contributed by atoms with Crippen LogP contribution in [0.2, 0.25) is 0 Å². The highest BCUT2D eigenvalue weighted by molar-refractivity contribution is 5.71. The van der Waals surface area contributed by atoms with E-state index in [0.717, 1.165) is 63.7 Å². The van der Waals surface area contributed by atoms with Crippen LogP contribution in [-0.4, -0.2) is 37.2 Å². The standard InChI is InChI=1S/C53H102O6/c1-5-7-9-11-13-14-15-22-26-29-33-37-41-45-52(55)58-48-50(47-57-51(54)44-40-36-31-12-10-8-6-2)59-53(56)46-42-38-34-30-27-24-21-19-17-16-18-20-23-25-28-32-35-39-43-49(3)4/h49-50H,5-48H2,1-4H3/t50-/m1/s1. The molecule has 0 spiro atoms. The van der Waals surface area contributed by atoms with Crippen molar-refractivity contribution in [2.24, 2.45) is 5.92 Å². The molecule has 0 aliphatic carbocycles. The van der Waals surface area contributed by atoms with Gasteiger partial charge in [-0.3, -0.25) is 14.4 Å². The maximum Gasteiger partial charge on any atom is 0.306 e. The van der Waals surface area contributed by atoms with E-state index in [1.807, 2.05) is 0 Å². The number of hydrogen-bond donors (Lipinski definition) is 0. The van der Waals surface area contributed by atoms with Gasteiger partial charge in [-0.25, -0.2) is 0 Å². The fraction of sp³-hybridized carbons (Fsp3) is 0.943. The summed E-state index contributed by atoms with van der Waals surface area (Å²) in [6, 6.07) is 0. The van der Waals surface area contributed by atoms with E-state index in [9.17, 15) is 14.4 Å². The highest BCUT2D eigenvalue weighted by Gasteiger charge is 2.19. The summed E-state index contributed by atoms with van der Waals surface area (Å²) >= 11 is 0. The number of unbranched alkanes of at least 4 members (excludes halogenated alkanes) is 35. The fourth-order valence-corrected chi connectivity index (χ4v) is 8.04. The summed E-state index contributed by atoms with van der Waals surface area (Å²) in [6.45, 7) is 9.01. The average molecular weight is 835 g/mol. The first-order chi connectivity index (χ1) is 28.9. The molecule has 0 unspecified atom stereocenters. The molecule has 0 aliphatic heterocycles. The van der Waals surface area contributed by atoms with Crippen molar-refractivity contribution < 1.29 is 28.6 Å². The first kappa shape index (κ1) is 57.4. The van der Waals surface area contributed by atoms with Crippen molar-refractivity contribution in [1.29, 1.82) is 0 Å². The van der Waals surface area contributed by atoms with Crippen molar-refractivity contribution >= 4 is 17.9 Å². The van der Waals surface area contributed by atoms with E-state index >= 15 is 0 Å². The van der Waals surface area contributed by atoms with Gasteiger partial charge in [-0.1, -0.05) is 259 Å². The second kappa shape index (κ2) is 47.5. The minimum absolute atomic E-state index is 0.0630. The molecule has 0 saturated heterocycles. The van der Waals surface area contributed by atoms with Gasteiger partial charge in [0, 0.05) is 19.3 Å². The summed E-state index contributed by atoms with van der Waals surface area (Å²) in [6.07, 6.45) is 49.6. The van der Waals surface area contributed by atoms with Crippen LogP contribution in [0.25, 0.3) is 0 Å². The Morgan fingerprint density at radius 1 is 0.322 bits per heavy atom. The van der Waals surface area contributed by atoms with Crippen LogP contribution < -0.4 is 0 Å². The van der Waals surface area contributed by atoms with Gasteiger partial charge in [0.25, 0.3) is 0 Å². The van der Waals surface area contributed by atoms with Gasteiger partial charge in [-0.05, 0) is 25.2 Å². The summed E-state index contributed by atoms with van der Waals surface area (Å²) in [7, 11) is 0. The second-order valence-electron chi connectivity index (χ2n) is 18.6. The predicted octanol–water partition coefficient (Wildman–Crippen LogP) is 17.1. The van der Waals surface area contributed by atoms with Crippen LogP contribution in [0.1, 0.15) is 297 Å². The van der Waals surface area contributed by atoms with E-state index < -0.39 is 6.10 Å². The molecule has 0 fully saturated rings. The van der Waals surface area contributed by atoms with Crippen LogP contribution in [0.4, 0.5) is 0 Å². The molecule has 0 aromatic carbocycles. The smallest absolute Gasteiger partial charge is 0.306 e. The normalized spacial score (nSPS) is 11.9. The van der Waals surface area contributed by atoms with Gasteiger partial charge in [-0.2, -0.15) is 0 Å². The number of hydrogen-bond acceptors (Lipinski definition) is 6. The molecule has 350 valence electrons. The maximum absolute atomic E-state index is 12.8. The van der Waals surface area contributed by atoms with Gasteiger partial charge in [-0.15, -0.1) is 0 Å². The van der Waals surface area contributed by atoms with E-state index in [-0.39, 0.29) is 31.1 Å². The SMILES string of the molecule is CCCCCCCCCCCCCCCC(=O)OC[C@@H](COC(=O)CCCCCCCCC)OC(=O)CCCCCCCCCCCCCCCCCCCCC(C)C. The summed E-state index contributed by atoms with van der Waals surface area (Å²) < 4.78 is 16.7. The van der Waals surface area contributed by atoms with E-state index in [1.165, 1.54) is 193 Å². The largest absolute Gasteiger partial charge is 0.462 e. The van der Waals surface area contributed by atoms with Crippen LogP contribution >= 0.6 is 0 Å². The molecule has 59 heavy (non-hydrogen) atoms. The van der Waals surface area contributed by atoms with E-state index in [2.05, 4.69) is 27.7 Å². The van der Waals surface area contributed by atoms with Crippen LogP contribution in [0.5, 0.6) is 0 Å². The first-order valence-electron chi connectivity index (χ1n) is 26.4. The van der Waals surface area contributed by atoms with Crippen molar-refractivity contribution in [3.63, 3.8) is 0 Å².